The SMILES string of the molecule is c1ccc(C2(c3cccc(Oc4cc(-c5cc6ccccc6cn5)co4)c3)c3ccccc3-c3ccccc32)nc1. The predicted octanol–water partition coefficient (Wildman–Crippen LogP) is 9.05. The Hall–Kier alpha value is -5.48. The van der Waals surface area contributed by atoms with E-state index < -0.39 is 5.41 Å². The third kappa shape index (κ3) is 3.69. The first-order valence-electron chi connectivity index (χ1n) is 13.6. The summed E-state index contributed by atoms with van der Waals surface area (Å²) >= 11 is 0. The van der Waals surface area contributed by atoms with E-state index in [9.17, 15) is 0 Å². The Morgan fingerprint density at radius 3 is 2.12 bits per heavy atom. The van der Waals surface area contributed by atoms with Crippen molar-refractivity contribution in [2.75, 3.05) is 0 Å². The normalized spacial score (nSPS) is 13.1. The van der Waals surface area contributed by atoms with E-state index in [2.05, 4.69) is 96.0 Å². The van der Waals surface area contributed by atoms with Gasteiger partial charge in [-0.3, -0.25) is 9.97 Å². The van der Waals surface area contributed by atoms with Crippen molar-refractivity contribution in [2.45, 2.75) is 5.41 Å². The summed E-state index contributed by atoms with van der Waals surface area (Å²) in [5.41, 5.74) is 8.02. The van der Waals surface area contributed by atoms with Gasteiger partial charge in [0.2, 0.25) is 0 Å². The zero-order valence-electron chi connectivity index (χ0n) is 22.1. The van der Waals surface area contributed by atoms with Crippen LogP contribution in [0.25, 0.3) is 33.2 Å². The number of hydrogen-bond acceptors (Lipinski definition) is 4. The van der Waals surface area contributed by atoms with Crippen LogP contribution < -0.4 is 4.74 Å². The molecule has 0 fully saturated rings. The third-order valence-electron chi connectivity index (χ3n) is 7.99. The molecule has 0 unspecified atom stereocenters. The lowest BCUT2D eigenvalue weighted by molar-refractivity contribution is 0.346. The number of nitrogens with zero attached hydrogens (tertiary/aromatic N) is 2. The highest BCUT2D eigenvalue weighted by Gasteiger charge is 2.47. The maximum atomic E-state index is 6.31. The van der Waals surface area contributed by atoms with E-state index in [4.69, 9.17) is 14.1 Å². The molecule has 0 amide bonds. The molecule has 0 N–H and O–H groups in total. The summed E-state index contributed by atoms with van der Waals surface area (Å²) in [5, 5.41) is 2.23. The molecule has 0 bridgehead atoms. The Labute approximate surface area is 237 Å². The van der Waals surface area contributed by atoms with E-state index in [1.165, 1.54) is 22.3 Å². The van der Waals surface area contributed by atoms with E-state index in [0.717, 1.165) is 33.3 Å². The van der Waals surface area contributed by atoms with Crippen molar-refractivity contribution >= 4 is 10.8 Å². The van der Waals surface area contributed by atoms with Crippen LogP contribution in [0.4, 0.5) is 0 Å². The first-order valence-corrected chi connectivity index (χ1v) is 13.6. The Bertz CT molecular complexity index is 2000. The van der Waals surface area contributed by atoms with E-state index in [-0.39, 0.29) is 0 Å². The molecular weight excluding hydrogens is 504 g/mol. The van der Waals surface area contributed by atoms with Gasteiger partial charge in [0.05, 0.1) is 16.8 Å². The summed E-state index contributed by atoms with van der Waals surface area (Å²) in [7, 11) is 0. The minimum absolute atomic E-state index is 0.409. The van der Waals surface area contributed by atoms with Gasteiger partial charge in [0.1, 0.15) is 12.0 Å². The highest BCUT2D eigenvalue weighted by Crippen LogP contribution is 2.55. The smallest absolute Gasteiger partial charge is 0.290 e. The lowest BCUT2D eigenvalue weighted by atomic mass is 9.70. The molecule has 0 saturated carbocycles. The second-order valence-corrected chi connectivity index (χ2v) is 10.3. The van der Waals surface area contributed by atoms with Gasteiger partial charge in [-0.25, -0.2) is 0 Å². The molecule has 0 aliphatic heterocycles. The zero-order valence-corrected chi connectivity index (χ0v) is 22.1. The quantitative estimate of drug-likeness (QED) is 0.224. The summed E-state index contributed by atoms with van der Waals surface area (Å²) in [6.45, 7) is 0. The number of aromatic nitrogens is 2. The molecule has 3 aromatic heterocycles. The van der Waals surface area contributed by atoms with Crippen LogP contribution in [0.3, 0.4) is 0 Å². The topological polar surface area (TPSA) is 48.2 Å². The van der Waals surface area contributed by atoms with Gasteiger partial charge in [0, 0.05) is 29.4 Å². The number of pyridine rings is 2. The molecular formula is C37H24N2O2. The highest BCUT2D eigenvalue weighted by atomic mass is 16.6. The number of hydrogen-bond donors (Lipinski definition) is 0. The van der Waals surface area contributed by atoms with Crippen molar-refractivity contribution in [1.82, 2.24) is 9.97 Å². The molecule has 4 aromatic carbocycles. The molecule has 41 heavy (non-hydrogen) atoms. The van der Waals surface area contributed by atoms with Gasteiger partial charge in [-0.05, 0) is 63.5 Å². The number of rotatable bonds is 5. The van der Waals surface area contributed by atoms with Crippen LogP contribution in [-0.4, -0.2) is 9.97 Å². The average Bonchev–Trinajstić information content (AvgIpc) is 3.63. The van der Waals surface area contributed by atoms with E-state index in [1.54, 1.807) is 6.26 Å². The van der Waals surface area contributed by atoms with E-state index in [1.807, 2.05) is 48.8 Å². The number of furan rings is 1. The van der Waals surface area contributed by atoms with Crippen LogP contribution >= 0.6 is 0 Å². The van der Waals surface area contributed by atoms with Gasteiger partial charge in [0.15, 0.2) is 0 Å². The Morgan fingerprint density at radius 1 is 0.610 bits per heavy atom. The first-order chi connectivity index (χ1) is 20.3. The maximum absolute atomic E-state index is 6.31. The standard InChI is InChI=1S/C37H24N2O2/c1-2-11-26-23-39-34(20-25(26)10-1)27-21-36(40-24-27)41-29-13-9-12-28(22-29)37(35-18-7-8-19-38-35)32-16-5-3-14-30(32)31-15-4-6-17-33(31)37/h1-24H. The molecule has 0 saturated heterocycles. The van der Waals surface area contributed by atoms with Crippen molar-refractivity contribution in [2.24, 2.45) is 0 Å². The summed E-state index contributed by atoms with van der Waals surface area (Å²) in [5.74, 6) is 1.10. The molecule has 3 heterocycles. The molecule has 7 aromatic rings. The van der Waals surface area contributed by atoms with Crippen molar-refractivity contribution in [1.29, 1.82) is 0 Å². The van der Waals surface area contributed by atoms with E-state index >= 15 is 0 Å². The van der Waals surface area contributed by atoms with Crippen molar-refractivity contribution in [3.63, 3.8) is 0 Å². The predicted molar refractivity (Wildman–Crippen MR) is 161 cm³/mol. The molecule has 4 nitrogen and oxygen atoms in total. The molecule has 1 aliphatic carbocycles. The fraction of sp³-hybridized carbons (Fsp3) is 0.0270. The van der Waals surface area contributed by atoms with Crippen molar-refractivity contribution in [3.05, 3.63) is 168 Å². The number of ether oxygens (including phenoxy) is 1. The summed E-state index contributed by atoms with van der Waals surface area (Å²) in [4.78, 5) is 9.54. The fourth-order valence-corrected chi connectivity index (χ4v) is 6.21. The van der Waals surface area contributed by atoms with Gasteiger partial charge in [-0.15, -0.1) is 0 Å². The molecule has 1 aliphatic rings. The molecule has 0 spiro atoms. The Balaban J connectivity index is 1.22. The maximum Gasteiger partial charge on any atom is 0.290 e. The molecule has 0 radical (unpaired) electrons. The molecule has 194 valence electrons. The minimum atomic E-state index is -0.586. The summed E-state index contributed by atoms with van der Waals surface area (Å²) in [6, 6.07) is 43.8. The molecule has 0 atom stereocenters. The Kier molecular flexibility index (Phi) is 5.32. The molecule has 8 rings (SSSR count). The largest absolute Gasteiger partial charge is 0.433 e. The van der Waals surface area contributed by atoms with Crippen molar-refractivity contribution < 1.29 is 9.15 Å². The average molecular weight is 529 g/mol. The number of benzene rings is 4. The van der Waals surface area contributed by atoms with Gasteiger partial charge in [-0.2, -0.15) is 0 Å². The lowest BCUT2D eigenvalue weighted by Gasteiger charge is -2.32. The van der Waals surface area contributed by atoms with Gasteiger partial charge >= 0.3 is 0 Å². The first kappa shape index (κ1) is 23.4. The van der Waals surface area contributed by atoms with E-state index in [0.29, 0.717) is 11.7 Å². The molecule has 4 heteroatoms. The van der Waals surface area contributed by atoms with Crippen LogP contribution in [0, 0.1) is 0 Å². The summed E-state index contributed by atoms with van der Waals surface area (Å²) in [6.07, 6.45) is 5.44. The van der Waals surface area contributed by atoms with Crippen LogP contribution in [0.15, 0.2) is 150 Å². The monoisotopic (exact) mass is 528 g/mol. The van der Waals surface area contributed by atoms with Gasteiger partial charge in [0.25, 0.3) is 5.95 Å². The van der Waals surface area contributed by atoms with Crippen LogP contribution in [0.2, 0.25) is 0 Å². The summed E-state index contributed by atoms with van der Waals surface area (Å²) < 4.78 is 12.2. The second kappa shape index (κ2) is 9.32. The van der Waals surface area contributed by atoms with Crippen LogP contribution in [0.1, 0.15) is 22.4 Å². The third-order valence-corrected chi connectivity index (χ3v) is 7.99. The Morgan fingerprint density at radius 2 is 1.34 bits per heavy atom. The highest BCUT2D eigenvalue weighted by molar-refractivity contribution is 5.86. The van der Waals surface area contributed by atoms with Crippen LogP contribution in [-0.2, 0) is 5.41 Å². The van der Waals surface area contributed by atoms with Crippen LogP contribution in [0.5, 0.6) is 11.7 Å². The van der Waals surface area contributed by atoms with Crippen molar-refractivity contribution in [3.8, 4) is 34.1 Å². The van der Waals surface area contributed by atoms with Gasteiger partial charge in [-0.1, -0.05) is 91.0 Å². The lowest BCUT2D eigenvalue weighted by Crippen LogP contribution is -2.29. The second-order valence-electron chi connectivity index (χ2n) is 10.3. The fourth-order valence-electron chi connectivity index (χ4n) is 6.21. The van der Waals surface area contributed by atoms with Gasteiger partial charge < -0.3 is 9.15 Å². The number of fused-ring (bicyclic) bond motifs is 4. The zero-order chi connectivity index (χ0) is 27.2. The minimum Gasteiger partial charge on any atom is -0.433 e.